The monoisotopic (exact) mass is 213 g/mol. The van der Waals surface area contributed by atoms with E-state index >= 15 is 0 Å². The minimum Gasteiger partial charge on any atom is -0.394 e. The average molecular weight is 213 g/mol. The molecule has 0 atom stereocenters. The van der Waals surface area contributed by atoms with Crippen LogP contribution in [0.1, 0.15) is 12.6 Å². The topological polar surface area (TPSA) is 70.3 Å². The first-order valence-corrected chi connectivity index (χ1v) is 5.05. The first-order chi connectivity index (χ1) is 7.11. The zero-order chi connectivity index (χ0) is 11.3. The molecule has 0 radical (unpaired) electrons. The molecule has 0 bridgehead atoms. The number of aliphatic hydroxyl groups is 2. The van der Waals surface area contributed by atoms with Crippen LogP contribution in [0.2, 0.25) is 0 Å². The van der Waals surface area contributed by atoms with Gasteiger partial charge >= 0.3 is 0 Å². The van der Waals surface area contributed by atoms with Crippen LogP contribution >= 0.6 is 0 Å². The highest BCUT2D eigenvalue weighted by atomic mass is 16.3. The van der Waals surface area contributed by atoms with Gasteiger partial charge in [-0.2, -0.15) is 5.10 Å². The number of hydrogen-bond donors (Lipinski definition) is 3. The summed E-state index contributed by atoms with van der Waals surface area (Å²) in [5.41, 5.74) is 0.527. The summed E-state index contributed by atoms with van der Waals surface area (Å²) in [6.45, 7) is 2.34. The fourth-order valence-electron chi connectivity index (χ4n) is 1.30. The molecule has 0 spiro atoms. The summed E-state index contributed by atoms with van der Waals surface area (Å²) in [7, 11) is 1.90. The fraction of sp³-hybridized carbons (Fsp3) is 0.700. The Hall–Kier alpha value is -0.910. The molecule has 0 aliphatic heterocycles. The van der Waals surface area contributed by atoms with E-state index in [2.05, 4.69) is 10.4 Å². The van der Waals surface area contributed by atoms with Crippen LogP contribution in [0.15, 0.2) is 12.3 Å². The Morgan fingerprint density at radius 2 is 2.13 bits per heavy atom. The first kappa shape index (κ1) is 12.2. The molecule has 0 aliphatic carbocycles. The molecule has 15 heavy (non-hydrogen) atoms. The summed E-state index contributed by atoms with van der Waals surface area (Å²) in [6.07, 6.45) is 2.58. The number of nitrogens with one attached hydrogen (secondary N) is 1. The van der Waals surface area contributed by atoms with Gasteiger partial charge in [-0.15, -0.1) is 0 Å². The molecular formula is C10H19N3O2. The van der Waals surface area contributed by atoms with Crippen LogP contribution < -0.4 is 5.32 Å². The van der Waals surface area contributed by atoms with Gasteiger partial charge in [0.05, 0.1) is 18.8 Å². The number of hydrogen-bond acceptors (Lipinski definition) is 4. The van der Waals surface area contributed by atoms with E-state index in [1.54, 1.807) is 13.1 Å². The molecule has 0 aromatic carbocycles. The van der Waals surface area contributed by atoms with Crippen LogP contribution in [0.4, 0.5) is 0 Å². The van der Waals surface area contributed by atoms with Crippen molar-refractivity contribution in [2.75, 3.05) is 19.8 Å². The van der Waals surface area contributed by atoms with Crippen LogP contribution in [0.5, 0.6) is 0 Å². The Bertz CT molecular complexity index is 295. The predicted molar refractivity (Wildman–Crippen MR) is 57.5 cm³/mol. The maximum absolute atomic E-state index is 9.06. The largest absolute Gasteiger partial charge is 0.394 e. The Labute approximate surface area is 89.7 Å². The maximum atomic E-state index is 9.06. The molecule has 1 aromatic rings. The maximum Gasteiger partial charge on any atom is 0.0633 e. The quantitative estimate of drug-likeness (QED) is 0.584. The van der Waals surface area contributed by atoms with Crippen LogP contribution in [0.25, 0.3) is 0 Å². The highest BCUT2D eigenvalue weighted by molar-refractivity contribution is 5.00. The van der Waals surface area contributed by atoms with E-state index in [-0.39, 0.29) is 13.2 Å². The van der Waals surface area contributed by atoms with E-state index in [4.69, 9.17) is 10.2 Å². The van der Waals surface area contributed by atoms with Crippen molar-refractivity contribution < 1.29 is 10.2 Å². The molecule has 0 fully saturated rings. The van der Waals surface area contributed by atoms with Crippen molar-refractivity contribution in [1.82, 2.24) is 15.1 Å². The van der Waals surface area contributed by atoms with Gasteiger partial charge in [0.2, 0.25) is 0 Å². The third-order valence-corrected chi connectivity index (χ3v) is 2.55. The molecule has 5 nitrogen and oxygen atoms in total. The number of nitrogens with zero attached hydrogens (tertiary/aromatic N) is 2. The molecular weight excluding hydrogens is 194 g/mol. The van der Waals surface area contributed by atoms with E-state index < -0.39 is 5.54 Å². The molecule has 1 heterocycles. The van der Waals surface area contributed by atoms with E-state index in [1.165, 1.54) is 0 Å². The van der Waals surface area contributed by atoms with Gasteiger partial charge in [0, 0.05) is 31.9 Å². The van der Waals surface area contributed by atoms with Crippen molar-refractivity contribution in [3.05, 3.63) is 18.0 Å². The SMILES string of the molecule is Cn1nccc1CCNC(C)(CO)CO. The lowest BCUT2D eigenvalue weighted by Crippen LogP contribution is -2.49. The third-order valence-electron chi connectivity index (χ3n) is 2.55. The second-order valence-electron chi connectivity index (χ2n) is 4.00. The number of aromatic nitrogens is 2. The standard InChI is InChI=1S/C10H19N3O2/c1-10(7-14,8-15)11-5-3-9-4-6-12-13(9)2/h4,6,11,14-15H,3,5,7-8H2,1-2H3. The number of rotatable bonds is 6. The van der Waals surface area contributed by atoms with Gasteiger partial charge in [0.15, 0.2) is 0 Å². The van der Waals surface area contributed by atoms with E-state index in [0.29, 0.717) is 6.54 Å². The molecule has 0 saturated heterocycles. The Morgan fingerprint density at radius 3 is 2.60 bits per heavy atom. The molecule has 1 rings (SSSR count). The second-order valence-corrected chi connectivity index (χ2v) is 4.00. The summed E-state index contributed by atoms with van der Waals surface area (Å²) in [4.78, 5) is 0. The summed E-state index contributed by atoms with van der Waals surface area (Å²) >= 11 is 0. The minimum absolute atomic E-state index is 0.0745. The van der Waals surface area contributed by atoms with Crippen molar-refractivity contribution in [2.24, 2.45) is 7.05 Å². The summed E-state index contributed by atoms with van der Waals surface area (Å²) in [5.74, 6) is 0. The lowest BCUT2D eigenvalue weighted by molar-refractivity contribution is 0.105. The van der Waals surface area contributed by atoms with Crippen LogP contribution in [0, 0.1) is 0 Å². The zero-order valence-corrected chi connectivity index (χ0v) is 9.27. The molecule has 86 valence electrons. The van der Waals surface area contributed by atoms with E-state index in [1.807, 2.05) is 17.8 Å². The lowest BCUT2D eigenvalue weighted by Gasteiger charge is -2.26. The predicted octanol–water partition coefficient (Wildman–Crippen LogP) is -0.704. The van der Waals surface area contributed by atoms with Crippen LogP contribution in [0.3, 0.4) is 0 Å². The van der Waals surface area contributed by atoms with E-state index in [0.717, 1.165) is 12.1 Å². The van der Waals surface area contributed by atoms with Crippen molar-refractivity contribution in [3.63, 3.8) is 0 Å². The van der Waals surface area contributed by atoms with Crippen molar-refractivity contribution in [1.29, 1.82) is 0 Å². The second kappa shape index (κ2) is 5.25. The Balaban J connectivity index is 2.36. The van der Waals surface area contributed by atoms with Gasteiger partial charge in [0.1, 0.15) is 0 Å². The van der Waals surface area contributed by atoms with Gasteiger partial charge in [-0.1, -0.05) is 0 Å². The fourth-order valence-corrected chi connectivity index (χ4v) is 1.30. The summed E-state index contributed by atoms with van der Waals surface area (Å²) < 4.78 is 1.82. The molecule has 1 aromatic heterocycles. The average Bonchev–Trinajstić information content (AvgIpc) is 2.64. The minimum atomic E-state index is -0.599. The van der Waals surface area contributed by atoms with Gasteiger partial charge in [-0.25, -0.2) is 0 Å². The number of aryl methyl sites for hydroxylation is 1. The van der Waals surface area contributed by atoms with Gasteiger partial charge in [-0.05, 0) is 13.0 Å². The third kappa shape index (κ3) is 3.30. The highest BCUT2D eigenvalue weighted by Gasteiger charge is 2.20. The molecule has 3 N–H and O–H groups in total. The zero-order valence-electron chi connectivity index (χ0n) is 9.27. The van der Waals surface area contributed by atoms with Gasteiger partial charge < -0.3 is 15.5 Å². The van der Waals surface area contributed by atoms with E-state index in [9.17, 15) is 0 Å². The Kier molecular flexibility index (Phi) is 4.26. The molecule has 0 aliphatic rings. The van der Waals surface area contributed by atoms with Crippen LogP contribution in [-0.2, 0) is 13.5 Å². The smallest absolute Gasteiger partial charge is 0.0633 e. The normalized spacial score (nSPS) is 12.0. The van der Waals surface area contributed by atoms with Gasteiger partial charge in [0.25, 0.3) is 0 Å². The van der Waals surface area contributed by atoms with Crippen molar-refractivity contribution in [3.8, 4) is 0 Å². The highest BCUT2D eigenvalue weighted by Crippen LogP contribution is 2.02. The van der Waals surface area contributed by atoms with Crippen molar-refractivity contribution in [2.45, 2.75) is 18.9 Å². The Morgan fingerprint density at radius 1 is 1.47 bits per heavy atom. The molecule has 0 amide bonds. The molecule has 5 heteroatoms. The first-order valence-electron chi connectivity index (χ1n) is 5.05. The van der Waals surface area contributed by atoms with Crippen molar-refractivity contribution >= 4 is 0 Å². The molecule has 0 unspecified atom stereocenters. The molecule has 0 saturated carbocycles. The van der Waals surface area contributed by atoms with Gasteiger partial charge in [-0.3, -0.25) is 4.68 Å². The summed E-state index contributed by atoms with van der Waals surface area (Å²) in [5, 5.41) is 25.3. The lowest BCUT2D eigenvalue weighted by atomic mass is 10.1. The summed E-state index contributed by atoms with van der Waals surface area (Å²) in [6, 6.07) is 1.96. The number of aliphatic hydroxyl groups excluding tert-OH is 2. The van der Waals surface area contributed by atoms with Crippen LogP contribution in [-0.4, -0.2) is 45.3 Å².